The Hall–Kier alpha value is -1.81. The highest BCUT2D eigenvalue weighted by Gasteiger charge is 2.15. The van der Waals surface area contributed by atoms with Crippen molar-refractivity contribution in [1.82, 2.24) is 9.78 Å². The van der Waals surface area contributed by atoms with E-state index in [1.807, 2.05) is 12.1 Å². The molecule has 0 saturated heterocycles. The van der Waals surface area contributed by atoms with Gasteiger partial charge < -0.3 is 5.11 Å². The first-order valence-electron chi connectivity index (χ1n) is 6.05. The molecule has 19 heavy (non-hydrogen) atoms. The van der Waals surface area contributed by atoms with E-state index in [2.05, 4.69) is 18.9 Å². The van der Waals surface area contributed by atoms with Crippen LogP contribution in [0.15, 0.2) is 30.3 Å². The Morgan fingerprint density at radius 3 is 2.53 bits per heavy atom. The Kier molecular flexibility index (Phi) is 3.90. The fraction of sp³-hybridized carbons (Fsp3) is 0.286. The molecule has 0 amide bonds. The number of hydrogen-bond acceptors (Lipinski definition) is 2. The minimum absolute atomic E-state index is 0.0607. The Morgan fingerprint density at radius 2 is 2.00 bits per heavy atom. The first-order chi connectivity index (χ1) is 8.97. The minimum Gasteiger partial charge on any atom is -0.476 e. The largest absolute Gasteiger partial charge is 0.476 e. The molecule has 1 heterocycles. The average Bonchev–Trinajstić information content (AvgIpc) is 2.73. The molecule has 0 aliphatic rings. The highest BCUT2D eigenvalue weighted by atomic mass is 35.5. The smallest absolute Gasteiger partial charge is 0.356 e. The molecule has 1 aromatic carbocycles. The predicted octanol–water partition coefficient (Wildman–Crippen LogP) is 3.42. The van der Waals surface area contributed by atoms with Gasteiger partial charge >= 0.3 is 5.97 Å². The molecule has 0 bridgehead atoms. The number of benzene rings is 1. The summed E-state index contributed by atoms with van der Waals surface area (Å²) in [5.41, 5.74) is 1.76. The number of hydrogen-bond donors (Lipinski definition) is 1. The number of aromatic nitrogens is 2. The van der Waals surface area contributed by atoms with Crippen molar-refractivity contribution in [3.05, 3.63) is 46.7 Å². The maximum Gasteiger partial charge on any atom is 0.356 e. The Balaban J connectivity index is 2.47. The first-order valence-corrected chi connectivity index (χ1v) is 6.43. The maximum absolute atomic E-state index is 11.0. The lowest BCUT2D eigenvalue weighted by atomic mass is 10.1. The van der Waals surface area contributed by atoms with Gasteiger partial charge in [-0.2, -0.15) is 5.10 Å². The van der Waals surface area contributed by atoms with Crippen LogP contribution in [0.25, 0.3) is 5.69 Å². The topological polar surface area (TPSA) is 55.1 Å². The number of carboxylic acid groups (broad SMARTS) is 1. The van der Waals surface area contributed by atoms with Crippen LogP contribution in [0.1, 0.15) is 30.0 Å². The van der Waals surface area contributed by atoms with E-state index in [-0.39, 0.29) is 5.69 Å². The van der Waals surface area contributed by atoms with E-state index >= 15 is 0 Å². The van der Waals surface area contributed by atoms with Crippen LogP contribution in [-0.2, 0) is 6.42 Å². The van der Waals surface area contributed by atoms with E-state index in [9.17, 15) is 4.79 Å². The van der Waals surface area contributed by atoms with Gasteiger partial charge in [-0.25, -0.2) is 9.48 Å². The lowest BCUT2D eigenvalue weighted by molar-refractivity contribution is 0.0690. The van der Waals surface area contributed by atoms with Crippen molar-refractivity contribution in [2.24, 2.45) is 5.92 Å². The molecule has 0 radical (unpaired) electrons. The third kappa shape index (κ3) is 3.15. The van der Waals surface area contributed by atoms with Crippen molar-refractivity contribution in [2.75, 3.05) is 0 Å². The monoisotopic (exact) mass is 278 g/mol. The molecule has 2 rings (SSSR count). The summed E-state index contributed by atoms with van der Waals surface area (Å²) in [5.74, 6) is -0.595. The Labute approximate surface area is 116 Å². The van der Waals surface area contributed by atoms with E-state index in [1.165, 1.54) is 0 Å². The fourth-order valence-corrected chi connectivity index (χ4v) is 2.02. The molecule has 0 saturated carbocycles. The van der Waals surface area contributed by atoms with Gasteiger partial charge in [0.1, 0.15) is 0 Å². The van der Waals surface area contributed by atoms with Crippen LogP contribution in [0, 0.1) is 5.92 Å². The first kappa shape index (κ1) is 13.6. The van der Waals surface area contributed by atoms with Gasteiger partial charge in [-0.15, -0.1) is 0 Å². The number of carboxylic acids is 1. The number of rotatable bonds is 4. The molecular formula is C14H15ClN2O2. The van der Waals surface area contributed by atoms with E-state index < -0.39 is 5.97 Å². The van der Waals surface area contributed by atoms with Crippen LogP contribution in [-0.4, -0.2) is 20.9 Å². The number of halogens is 1. The van der Waals surface area contributed by atoms with Crippen molar-refractivity contribution in [2.45, 2.75) is 20.3 Å². The molecule has 0 spiro atoms. The molecule has 0 atom stereocenters. The quantitative estimate of drug-likeness (QED) is 0.932. The second kappa shape index (κ2) is 5.45. The summed E-state index contributed by atoms with van der Waals surface area (Å²) in [4.78, 5) is 11.0. The molecule has 2 aromatic rings. The maximum atomic E-state index is 11.0. The normalized spacial score (nSPS) is 10.9. The summed E-state index contributed by atoms with van der Waals surface area (Å²) in [6.07, 6.45) is 0.767. The zero-order valence-corrected chi connectivity index (χ0v) is 11.6. The molecule has 100 valence electrons. The van der Waals surface area contributed by atoms with Crippen LogP contribution in [0.2, 0.25) is 5.02 Å². The Bertz CT molecular complexity index is 588. The molecule has 5 heteroatoms. The third-order valence-electron chi connectivity index (χ3n) is 2.69. The molecule has 0 fully saturated rings. The van der Waals surface area contributed by atoms with E-state index in [1.54, 1.807) is 22.9 Å². The minimum atomic E-state index is -1.02. The zero-order chi connectivity index (χ0) is 14.0. The van der Waals surface area contributed by atoms with E-state index in [4.69, 9.17) is 16.7 Å². The molecule has 0 aliphatic heterocycles. The molecule has 1 aromatic heterocycles. The summed E-state index contributed by atoms with van der Waals surface area (Å²) >= 11 is 5.86. The van der Waals surface area contributed by atoms with Gasteiger partial charge in [0.15, 0.2) is 5.69 Å². The lowest BCUT2D eigenvalue weighted by Gasteiger charge is -2.09. The summed E-state index contributed by atoms with van der Waals surface area (Å²) in [6.45, 7) is 4.17. The fourth-order valence-electron chi connectivity index (χ4n) is 1.89. The third-order valence-corrected chi connectivity index (χ3v) is 2.94. The standard InChI is InChI=1S/C14H15ClN2O2/c1-9(2)7-12-8-13(14(18)19)16-17(12)11-5-3-10(15)4-6-11/h3-6,8-9H,7H2,1-2H3,(H,18,19). The van der Waals surface area contributed by atoms with Crippen LogP contribution < -0.4 is 0 Å². The second-order valence-electron chi connectivity index (χ2n) is 4.81. The van der Waals surface area contributed by atoms with Gasteiger partial charge in [0.25, 0.3) is 0 Å². The van der Waals surface area contributed by atoms with Crippen LogP contribution in [0.5, 0.6) is 0 Å². The molecular weight excluding hydrogens is 264 g/mol. The molecule has 0 aliphatic carbocycles. The van der Waals surface area contributed by atoms with E-state index in [0.717, 1.165) is 17.8 Å². The van der Waals surface area contributed by atoms with E-state index in [0.29, 0.717) is 10.9 Å². The summed E-state index contributed by atoms with van der Waals surface area (Å²) in [5, 5.41) is 13.8. The number of aromatic carboxylic acids is 1. The summed E-state index contributed by atoms with van der Waals surface area (Å²) in [6, 6.07) is 8.79. The Morgan fingerprint density at radius 1 is 1.37 bits per heavy atom. The molecule has 4 nitrogen and oxygen atoms in total. The van der Waals surface area contributed by atoms with Gasteiger partial charge in [-0.3, -0.25) is 0 Å². The number of nitrogens with zero attached hydrogens (tertiary/aromatic N) is 2. The van der Waals surface area contributed by atoms with Gasteiger partial charge in [-0.1, -0.05) is 25.4 Å². The molecule has 1 N–H and O–H groups in total. The van der Waals surface area contributed by atoms with Crippen LogP contribution in [0.3, 0.4) is 0 Å². The van der Waals surface area contributed by atoms with Gasteiger partial charge in [0.05, 0.1) is 5.69 Å². The highest BCUT2D eigenvalue weighted by molar-refractivity contribution is 6.30. The predicted molar refractivity (Wildman–Crippen MR) is 74.1 cm³/mol. The lowest BCUT2D eigenvalue weighted by Crippen LogP contribution is -2.05. The van der Waals surface area contributed by atoms with Crippen LogP contribution in [0.4, 0.5) is 0 Å². The number of carbonyl (C=O) groups is 1. The van der Waals surface area contributed by atoms with Gasteiger partial charge in [0, 0.05) is 10.7 Å². The van der Waals surface area contributed by atoms with Crippen molar-refractivity contribution < 1.29 is 9.90 Å². The molecule has 0 unspecified atom stereocenters. The zero-order valence-electron chi connectivity index (χ0n) is 10.8. The SMILES string of the molecule is CC(C)Cc1cc(C(=O)O)nn1-c1ccc(Cl)cc1. The van der Waals surface area contributed by atoms with Gasteiger partial charge in [-0.05, 0) is 42.7 Å². The van der Waals surface area contributed by atoms with Gasteiger partial charge in [0.2, 0.25) is 0 Å². The second-order valence-corrected chi connectivity index (χ2v) is 5.25. The van der Waals surface area contributed by atoms with Crippen LogP contribution >= 0.6 is 11.6 Å². The summed E-state index contributed by atoms with van der Waals surface area (Å²) in [7, 11) is 0. The van der Waals surface area contributed by atoms with Crippen molar-refractivity contribution in [3.63, 3.8) is 0 Å². The van der Waals surface area contributed by atoms with Crippen molar-refractivity contribution in [1.29, 1.82) is 0 Å². The highest BCUT2D eigenvalue weighted by Crippen LogP contribution is 2.18. The average molecular weight is 279 g/mol. The van der Waals surface area contributed by atoms with Crippen molar-refractivity contribution in [3.8, 4) is 5.69 Å². The summed E-state index contributed by atoms with van der Waals surface area (Å²) < 4.78 is 1.67. The van der Waals surface area contributed by atoms with Crippen molar-refractivity contribution >= 4 is 17.6 Å².